The maximum absolute atomic E-state index is 5.19. The van der Waals surface area contributed by atoms with E-state index in [0.717, 1.165) is 22.8 Å². The number of methoxy groups -OCH3 is 1. The van der Waals surface area contributed by atoms with Crippen molar-refractivity contribution in [2.24, 2.45) is 0 Å². The quantitative estimate of drug-likeness (QED) is 0.893. The van der Waals surface area contributed by atoms with Crippen molar-refractivity contribution in [2.75, 3.05) is 24.7 Å². The van der Waals surface area contributed by atoms with E-state index in [0.29, 0.717) is 0 Å². The molecule has 2 rings (SSSR count). The number of rotatable bonds is 5. The Morgan fingerprint density at radius 2 is 2.41 bits per heavy atom. The Labute approximate surface area is 111 Å². The van der Waals surface area contributed by atoms with Crippen LogP contribution in [-0.4, -0.2) is 34.0 Å². The van der Waals surface area contributed by atoms with E-state index in [9.17, 15) is 0 Å². The molecule has 0 amide bonds. The number of hydrogen-bond donors (Lipinski definition) is 1. The smallest absolute Gasteiger partial charge is 0.202 e. The van der Waals surface area contributed by atoms with Gasteiger partial charge in [-0.2, -0.15) is 16.1 Å². The van der Waals surface area contributed by atoms with Crippen molar-refractivity contribution in [3.63, 3.8) is 0 Å². The van der Waals surface area contributed by atoms with Gasteiger partial charge in [-0.15, -0.1) is 0 Å². The Morgan fingerprint density at radius 3 is 3.12 bits per heavy atom. The summed E-state index contributed by atoms with van der Waals surface area (Å²) in [5.74, 6) is 2.07. The summed E-state index contributed by atoms with van der Waals surface area (Å²) in [6, 6.07) is 0. The van der Waals surface area contributed by atoms with Gasteiger partial charge in [-0.25, -0.2) is 4.98 Å². The summed E-state index contributed by atoms with van der Waals surface area (Å²) in [7, 11) is 1.68. The third kappa shape index (κ3) is 3.82. The maximum atomic E-state index is 5.19. The Morgan fingerprint density at radius 1 is 1.53 bits per heavy atom. The Bertz CT molecular complexity index is 339. The molecule has 2 unspecified atom stereocenters. The van der Waals surface area contributed by atoms with E-state index in [1.165, 1.54) is 36.5 Å². The summed E-state index contributed by atoms with van der Waals surface area (Å²) < 4.78 is 9.48. The summed E-state index contributed by atoms with van der Waals surface area (Å²) in [5.41, 5.74) is 0. The first kappa shape index (κ1) is 13.1. The Hall–Kier alpha value is -0.330. The predicted octanol–water partition coefficient (Wildman–Crippen LogP) is 2.94. The standard InChI is InChI=1S/C11H19N3OS2/c1-8(15-2)10-13-11(17-14-10)12-7-9-5-3-4-6-16-9/h8-9H,3-7H2,1-2H3,(H,12,13,14). The van der Waals surface area contributed by atoms with Crippen molar-refractivity contribution in [1.29, 1.82) is 0 Å². The van der Waals surface area contributed by atoms with Crippen molar-refractivity contribution in [1.82, 2.24) is 9.36 Å². The minimum absolute atomic E-state index is 0.0224. The Balaban J connectivity index is 1.80. The molecule has 2 heterocycles. The molecule has 96 valence electrons. The number of anilines is 1. The third-order valence-corrected chi connectivity index (χ3v) is 5.00. The van der Waals surface area contributed by atoms with Crippen LogP contribution < -0.4 is 5.32 Å². The zero-order chi connectivity index (χ0) is 12.1. The highest BCUT2D eigenvalue weighted by Crippen LogP contribution is 2.26. The van der Waals surface area contributed by atoms with Crippen LogP contribution in [-0.2, 0) is 4.74 Å². The van der Waals surface area contributed by atoms with Gasteiger partial charge in [0.15, 0.2) is 5.82 Å². The summed E-state index contributed by atoms with van der Waals surface area (Å²) in [4.78, 5) is 4.43. The van der Waals surface area contributed by atoms with Gasteiger partial charge in [-0.1, -0.05) is 6.42 Å². The van der Waals surface area contributed by atoms with Gasteiger partial charge in [0.05, 0.1) is 0 Å². The lowest BCUT2D eigenvalue weighted by molar-refractivity contribution is 0.113. The molecular weight excluding hydrogens is 254 g/mol. The molecule has 0 bridgehead atoms. The second kappa shape index (κ2) is 6.56. The molecule has 0 saturated carbocycles. The summed E-state index contributed by atoms with van der Waals surface area (Å²) in [6.07, 6.45) is 4.03. The normalized spacial score (nSPS) is 22.4. The van der Waals surface area contributed by atoms with E-state index < -0.39 is 0 Å². The number of ether oxygens (including phenoxy) is 1. The van der Waals surface area contributed by atoms with Gasteiger partial charge in [0.25, 0.3) is 0 Å². The van der Waals surface area contributed by atoms with Crippen LogP contribution in [0.25, 0.3) is 0 Å². The lowest BCUT2D eigenvalue weighted by atomic mass is 10.2. The molecule has 6 heteroatoms. The molecule has 4 nitrogen and oxygen atoms in total. The van der Waals surface area contributed by atoms with Crippen LogP contribution in [0.3, 0.4) is 0 Å². The minimum atomic E-state index is -0.0224. The molecular formula is C11H19N3OS2. The Kier molecular flexibility index (Phi) is 5.06. The zero-order valence-corrected chi connectivity index (χ0v) is 11.9. The summed E-state index contributed by atoms with van der Waals surface area (Å²) in [5, 5.41) is 5.03. The molecule has 1 aliphatic rings. The number of aromatic nitrogens is 2. The largest absolute Gasteiger partial charge is 0.374 e. The number of nitrogens with zero attached hydrogens (tertiary/aromatic N) is 2. The zero-order valence-electron chi connectivity index (χ0n) is 10.3. The molecule has 1 fully saturated rings. The van der Waals surface area contributed by atoms with Crippen LogP contribution in [0.15, 0.2) is 0 Å². The highest BCUT2D eigenvalue weighted by Gasteiger charge is 2.15. The van der Waals surface area contributed by atoms with Crippen LogP contribution in [0.1, 0.15) is 38.1 Å². The fourth-order valence-corrected chi connectivity index (χ4v) is 3.64. The first-order chi connectivity index (χ1) is 8.29. The van der Waals surface area contributed by atoms with E-state index in [2.05, 4.69) is 26.4 Å². The van der Waals surface area contributed by atoms with Crippen molar-refractivity contribution in [3.8, 4) is 0 Å². The van der Waals surface area contributed by atoms with Gasteiger partial charge in [-0.05, 0) is 25.5 Å². The fraction of sp³-hybridized carbons (Fsp3) is 0.818. The highest BCUT2D eigenvalue weighted by molar-refractivity contribution is 7.99. The van der Waals surface area contributed by atoms with E-state index in [1.54, 1.807) is 7.11 Å². The molecule has 0 aliphatic carbocycles. The molecule has 2 atom stereocenters. The topological polar surface area (TPSA) is 47.0 Å². The van der Waals surface area contributed by atoms with Crippen LogP contribution in [0, 0.1) is 0 Å². The molecule has 1 N–H and O–H groups in total. The first-order valence-corrected chi connectivity index (χ1v) is 7.83. The number of thioether (sulfide) groups is 1. The molecule has 17 heavy (non-hydrogen) atoms. The lowest BCUT2D eigenvalue weighted by Gasteiger charge is -2.20. The van der Waals surface area contributed by atoms with E-state index in [1.807, 2.05) is 6.92 Å². The highest BCUT2D eigenvalue weighted by atomic mass is 32.2. The van der Waals surface area contributed by atoms with Crippen LogP contribution >= 0.6 is 23.3 Å². The second-order valence-corrected chi connectivity index (χ2v) is 6.37. The average molecular weight is 273 g/mol. The van der Waals surface area contributed by atoms with Crippen LogP contribution in [0.2, 0.25) is 0 Å². The molecule has 0 spiro atoms. The molecule has 1 aromatic heterocycles. The van der Waals surface area contributed by atoms with Crippen molar-refractivity contribution < 1.29 is 4.74 Å². The van der Waals surface area contributed by atoms with Crippen molar-refractivity contribution in [3.05, 3.63) is 5.82 Å². The van der Waals surface area contributed by atoms with Crippen LogP contribution in [0.4, 0.5) is 5.13 Å². The van der Waals surface area contributed by atoms with E-state index in [-0.39, 0.29) is 6.10 Å². The van der Waals surface area contributed by atoms with E-state index >= 15 is 0 Å². The summed E-state index contributed by atoms with van der Waals surface area (Å²) >= 11 is 3.49. The first-order valence-electron chi connectivity index (χ1n) is 6.01. The predicted molar refractivity (Wildman–Crippen MR) is 73.9 cm³/mol. The maximum Gasteiger partial charge on any atom is 0.202 e. The lowest BCUT2D eigenvalue weighted by Crippen LogP contribution is -2.19. The third-order valence-electron chi connectivity index (χ3n) is 2.91. The monoisotopic (exact) mass is 273 g/mol. The average Bonchev–Trinajstić information content (AvgIpc) is 2.85. The van der Waals surface area contributed by atoms with Gasteiger partial charge in [0, 0.05) is 30.4 Å². The van der Waals surface area contributed by atoms with E-state index in [4.69, 9.17) is 4.74 Å². The van der Waals surface area contributed by atoms with Gasteiger partial charge in [-0.3, -0.25) is 0 Å². The second-order valence-electron chi connectivity index (χ2n) is 4.21. The molecule has 0 aromatic carbocycles. The van der Waals surface area contributed by atoms with Gasteiger partial charge >= 0.3 is 0 Å². The minimum Gasteiger partial charge on any atom is -0.374 e. The van der Waals surface area contributed by atoms with Crippen molar-refractivity contribution >= 4 is 28.4 Å². The van der Waals surface area contributed by atoms with Gasteiger partial charge < -0.3 is 10.1 Å². The van der Waals surface area contributed by atoms with Crippen LogP contribution in [0.5, 0.6) is 0 Å². The number of nitrogens with one attached hydrogen (secondary N) is 1. The molecule has 1 aromatic rings. The van der Waals surface area contributed by atoms with Crippen molar-refractivity contribution in [2.45, 2.75) is 37.5 Å². The van der Waals surface area contributed by atoms with Gasteiger partial charge in [0.2, 0.25) is 5.13 Å². The number of hydrogen-bond acceptors (Lipinski definition) is 6. The fourth-order valence-electron chi connectivity index (χ4n) is 1.75. The summed E-state index contributed by atoms with van der Waals surface area (Å²) in [6.45, 7) is 2.96. The molecule has 1 saturated heterocycles. The SMILES string of the molecule is COC(C)c1nsc(NCC2CCCCS2)n1. The van der Waals surface area contributed by atoms with Gasteiger partial charge in [0.1, 0.15) is 6.10 Å². The molecule has 0 radical (unpaired) electrons. The molecule has 1 aliphatic heterocycles.